The monoisotopic (exact) mass is 433 g/mol. The number of aromatic nitrogens is 2. The minimum Gasteiger partial charge on any atom is -0.373 e. The number of nitrogens with one attached hydrogen (secondary N) is 1. The van der Waals surface area contributed by atoms with Crippen molar-refractivity contribution in [3.8, 4) is 0 Å². The molecule has 162 valence electrons. The molecule has 0 saturated carbocycles. The smallest absolute Gasteiger partial charge is 0.243 e. The van der Waals surface area contributed by atoms with Gasteiger partial charge in [0.25, 0.3) is 0 Å². The van der Waals surface area contributed by atoms with Gasteiger partial charge in [-0.2, -0.15) is 4.31 Å². The van der Waals surface area contributed by atoms with Crippen molar-refractivity contribution in [1.82, 2.24) is 19.2 Å². The third kappa shape index (κ3) is 3.93. The second kappa shape index (κ2) is 8.20. The molecule has 0 aliphatic carbocycles. The Morgan fingerprint density at radius 2 is 2.03 bits per heavy atom. The van der Waals surface area contributed by atoms with Crippen molar-refractivity contribution in [2.75, 3.05) is 39.0 Å². The lowest BCUT2D eigenvalue weighted by molar-refractivity contribution is 0.297. The van der Waals surface area contributed by atoms with Crippen molar-refractivity contribution in [1.29, 1.82) is 0 Å². The molecule has 2 aromatic rings. The first-order valence-corrected chi connectivity index (χ1v) is 11.8. The fraction of sp³-hybridized carbons (Fsp3) is 0.524. The normalized spacial score (nSPS) is 20.7. The van der Waals surface area contributed by atoms with Gasteiger partial charge in [0.1, 0.15) is 17.5 Å². The van der Waals surface area contributed by atoms with Gasteiger partial charge in [-0.1, -0.05) is 0 Å². The zero-order valence-corrected chi connectivity index (χ0v) is 18.5. The number of hydrogen-bond donors (Lipinski definition) is 1. The van der Waals surface area contributed by atoms with E-state index in [1.165, 1.54) is 22.5 Å². The molecule has 0 unspecified atom stereocenters. The molecule has 0 bridgehead atoms. The number of anilines is 1. The molecule has 3 heterocycles. The van der Waals surface area contributed by atoms with Crippen LogP contribution in [0.1, 0.15) is 41.4 Å². The van der Waals surface area contributed by atoms with E-state index in [2.05, 4.69) is 17.3 Å². The van der Waals surface area contributed by atoms with Crippen molar-refractivity contribution in [2.24, 2.45) is 0 Å². The van der Waals surface area contributed by atoms with Crippen LogP contribution in [-0.4, -0.2) is 61.3 Å². The third-order valence-corrected chi connectivity index (χ3v) is 7.89. The highest BCUT2D eigenvalue weighted by Gasteiger charge is 2.33. The Hall–Kier alpha value is -2.10. The molecule has 0 radical (unpaired) electrons. The van der Waals surface area contributed by atoms with Crippen LogP contribution in [0.5, 0.6) is 0 Å². The Balaban J connectivity index is 1.63. The first-order chi connectivity index (χ1) is 14.3. The molecule has 0 amide bonds. The molecular weight excluding hydrogens is 405 g/mol. The highest BCUT2D eigenvalue weighted by molar-refractivity contribution is 7.89. The number of hydrogen-bond acceptors (Lipinski definition) is 6. The Kier molecular flexibility index (Phi) is 5.78. The molecule has 7 nitrogen and oxygen atoms in total. The van der Waals surface area contributed by atoms with Crippen LogP contribution in [-0.2, 0) is 23.0 Å². The van der Waals surface area contributed by atoms with Crippen LogP contribution in [0.25, 0.3) is 0 Å². The van der Waals surface area contributed by atoms with Crippen LogP contribution in [0.2, 0.25) is 0 Å². The zero-order chi connectivity index (χ0) is 21.5. The van der Waals surface area contributed by atoms with E-state index in [0.717, 1.165) is 49.4 Å². The van der Waals surface area contributed by atoms with E-state index in [0.29, 0.717) is 24.5 Å². The van der Waals surface area contributed by atoms with Gasteiger partial charge in [-0.3, -0.25) is 0 Å². The van der Waals surface area contributed by atoms with Crippen molar-refractivity contribution in [3.05, 3.63) is 46.7 Å². The Morgan fingerprint density at radius 1 is 1.23 bits per heavy atom. The first kappa shape index (κ1) is 21.1. The maximum absolute atomic E-state index is 13.6. The number of sulfonamides is 1. The highest BCUT2D eigenvalue weighted by atomic mass is 32.2. The van der Waals surface area contributed by atoms with E-state index in [9.17, 15) is 12.8 Å². The number of piperidine rings is 1. The predicted octanol–water partition coefficient (Wildman–Crippen LogP) is 2.52. The van der Waals surface area contributed by atoms with Gasteiger partial charge in [-0.05, 0) is 57.0 Å². The fourth-order valence-electron chi connectivity index (χ4n) is 4.27. The summed E-state index contributed by atoms with van der Waals surface area (Å²) in [4.78, 5) is 12.0. The maximum atomic E-state index is 13.6. The number of rotatable bonds is 4. The third-order valence-electron chi connectivity index (χ3n) is 6.03. The molecule has 1 aromatic heterocycles. The summed E-state index contributed by atoms with van der Waals surface area (Å²) in [6.45, 7) is 4.09. The standard InChI is InChI=1S/C21H28FN5O2S/c1-14-11-16(6-7-18(14)22)30(28,29)27-9-4-5-15(12-27)20-24-19-13-26(3)10-8-17(19)21(23-2)25-20/h6-7,11,15H,4-5,8-10,12-13H2,1-3H3,(H,23,24,25)/t15-/m1/s1. The number of fused-ring (bicyclic) bond motifs is 1. The SMILES string of the molecule is CNc1nc([C@@H]2CCCN(S(=O)(=O)c3ccc(F)c(C)c3)C2)nc2c1CCN(C)C2. The molecule has 1 N–H and O–H groups in total. The van der Waals surface area contributed by atoms with Crippen molar-refractivity contribution in [2.45, 2.75) is 43.5 Å². The lowest BCUT2D eigenvalue weighted by Crippen LogP contribution is -2.40. The van der Waals surface area contributed by atoms with Gasteiger partial charge >= 0.3 is 0 Å². The van der Waals surface area contributed by atoms with E-state index in [1.54, 1.807) is 6.92 Å². The van der Waals surface area contributed by atoms with Crippen LogP contribution in [0, 0.1) is 12.7 Å². The van der Waals surface area contributed by atoms with Crippen LogP contribution >= 0.6 is 0 Å². The molecule has 2 aliphatic heterocycles. The topological polar surface area (TPSA) is 78.4 Å². The zero-order valence-electron chi connectivity index (χ0n) is 17.7. The summed E-state index contributed by atoms with van der Waals surface area (Å²) in [6, 6.07) is 3.95. The molecule has 1 atom stereocenters. The van der Waals surface area contributed by atoms with Crippen LogP contribution in [0.15, 0.2) is 23.1 Å². The maximum Gasteiger partial charge on any atom is 0.243 e. The van der Waals surface area contributed by atoms with E-state index >= 15 is 0 Å². The average Bonchev–Trinajstić information content (AvgIpc) is 2.74. The molecule has 2 aliphatic rings. The summed E-state index contributed by atoms with van der Waals surface area (Å²) in [6.07, 6.45) is 2.48. The minimum atomic E-state index is -3.70. The second-order valence-corrected chi connectivity index (χ2v) is 10.1. The quantitative estimate of drug-likeness (QED) is 0.798. The first-order valence-electron chi connectivity index (χ1n) is 10.3. The molecule has 1 aromatic carbocycles. The minimum absolute atomic E-state index is 0.0697. The predicted molar refractivity (Wildman–Crippen MR) is 113 cm³/mol. The van der Waals surface area contributed by atoms with Crippen molar-refractivity contribution in [3.63, 3.8) is 0 Å². The molecule has 1 fully saturated rings. The van der Waals surface area contributed by atoms with Gasteiger partial charge in [-0.15, -0.1) is 0 Å². The van der Waals surface area contributed by atoms with Gasteiger partial charge < -0.3 is 10.2 Å². The highest BCUT2D eigenvalue weighted by Crippen LogP contribution is 2.32. The Bertz CT molecular complexity index is 1060. The van der Waals surface area contributed by atoms with Gasteiger partial charge in [0.05, 0.1) is 10.6 Å². The summed E-state index contributed by atoms with van der Waals surface area (Å²) in [5.74, 6) is 1.07. The van der Waals surface area contributed by atoms with Gasteiger partial charge in [0, 0.05) is 44.7 Å². The lowest BCUT2D eigenvalue weighted by atomic mass is 9.97. The van der Waals surface area contributed by atoms with Crippen molar-refractivity contribution >= 4 is 15.8 Å². The summed E-state index contributed by atoms with van der Waals surface area (Å²) in [5, 5.41) is 3.19. The molecule has 9 heteroatoms. The van der Waals surface area contributed by atoms with Crippen LogP contribution in [0.4, 0.5) is 10.2 Å². The number of likely N-dealkylation sites (N-methyl/N-ethyl adjacent to an activating group) is 1. The summed E-state index contributed by atoms with van der Waals surface area (Å²) >= 11 is 0. The Labute approximate surface area is 177 Å². The average molecular weight is 434 g/mol. The van der Waals surface area contributed by atoms with Gasteiger partial charge in [0.2, 0.25) is 10.0 Å². The molecule has 0 spiro atoms. The van der Waals surface area contributed by atoms with Gasteiger partial charge in [0.15, 0.2) is 0 Å². The molecule has 1 saturated heterocycles. The second-order valence-electron chi connectivity index (χ2n) is 8.21. The summed E-state index contributed by atoms with van der Waals surface area (Å²) in [5.41, 5.74) is 2.50. The summed E-state index contributed by atoms with van der Waals surface area (Å²) in [7, 11) is 0.236. The van der Waals surface area contributed by atoms with E-state index in [1.807, 2.05) is 7.05 Å². The largest absolute Gasteiger partial charge is 0.373 e. The van der Waals surface area contributed by atoms with E-state index in [4.69, 9.17) is 9.97 Å². The van der Waals surface area contributed by atoms with Crippen LogP contribution in [0.3, 0.4) is 0 Å². The Morgan fingerprint density at radius 3 is 2.77 bits per heavy atom. The number of aryl methyl sites for hydroxylation is 1. The van der Waals surface area contributed by atoms with E-state index < -0.39 is 15.8 Å². The molecule has 30 heavy (non-hydrogen) atoms. The van der Waals surface area contributed by atoms with Crippen LogP contribution < -0.4 is 5.32 Å². The molecular formula is C21H28FN5O2S. The fourth-order valence-corrected chi connectivity index (χ4v) is 5.88. The number of benzene rings is 1. The molecule has 4 rings (SSSR count). The lowest BCUT2D eigenvalue weighted by Gasteiger charge is -2.32. The van der Waals surface area contributed by atoms with Gasteiger partial charge in [-0.25, -0.2) is 22.8 Å². The van der Waals surface area contributed by atoms with E-state index in [-0.39, 0.29) is 10.8 Å². The number of nitrogens with zero attached hydrogens (tertiary/aromatic N) is 4. The van der Waals surface area contributed by atoms with Crippen molar-refractivity contribution < 1.29 is 12.8 Å². The number of halogens is 1. The summed E-state index contributed by atoms with van der Waals surface area (Å²) < 4.78 is 41.4.